The molecule has 0 aliphatic heterocycles. The molecular formula is C12H14Br2O2. The maximum absolute atomic E-state index is 11.6. The summed E-state index contributed by atoms with van der Waals surface area (Å²) < 4.78 is 6.53. The summed E-state index contributed by atoms with van der Waals surface area (Å²) in [4.78, 5) is 11.6. The van der Waals surface area contributed by atoms with Crippen LogP contribution in [0.1, 0.15) is 30.1 Å². The molecule has 1 aromatic carbocycles. The van der Waals surface area contributed by atoms with E-state index in [0.717, 1.165) is 17.3 Å². The minimum Gasteiger partial charge on any atom is -0.493 e. The third-order valence-electron chi connectivity index (χ3n) is 2.12. The second-order valence-corrected chi connectivity index (χ2v) is 4.88. The fraction of sp³-hybridized carbons (Fsp3) is 0.417. The number of alkyl halides is 1. The van der Waals surface area contributed by atoms with E-state index in [1.54, 1.807) is 6.07 Å². The standard InChI is InChI=1S/C12H14Br2O2/c1-2-3-6-16-12-7-9(14)4-5-10(12)11(15)8-13/h4-5,7H,2-3,6,8H2,1H3. The maximum Gasteiger partial charge on any atom is 0.177 e. The molecule has 1 aromatic rings. The van der Waals surface area contributed by atoms with Crippen LogP contribution in [-0.4, -0.2) is 17.7 Å². The number of ketones is 1. The van der Waals surface area contributed by atoms with Gasteiger partial charge in [0.05, 0.1) is 17.5 Å². The molecule has 4 heteroatoms. The van der Waals surface area contributed by atoms with Crippen molar-refractivity contribution in [3.8, 4) is 5.75 Å². The number of halogens is 2. The Kier molecular flexibility index (Phi) is 6.06. The lowest BCUT2D eigenvalue weighted by Gasteiger charge is -2.10. The first-order valence-electron chi connectivity index (χ1n) is 5.20. The summed E-state index contributed by atoms with van der Waals surface area (Å²) in [6, 6.07) is 5.48. The molecule has 2 nitrogen and oxygen atoms in total. The van der Waals surface area contributed by atoms with Crippen LogP contribution < -0.4 is 4.74 Å². The van der Waals surface area contributed by atoms with Gasteiger partial charge in [-0.05, 0) is 24.6 Å². The van der Waals surface area contributed by atoms with Crippen molar-refractivity contribution in [3.63, 3.8) is 0 Å². The second kappa shape index (κ2) is 7.07. The highest BCUT2D eigenvalue weighted by molar-refractivity contribution is 9.10. The molecule has 0 saturated carbocycles. The van der Waals surface area contributed by atoms with Crippen molar-refractivity contribution in [2.24, 2.45) is 0 Å². The zero-order valence-electron chi connectivity index (χ0n) is 9.13. The predicted molar refractivity (Wildman–Crippen MR) is 72.7 cm³/mol. The van der Waals surface area contributed by atoms with Crippen LogP contribution in [0, 0.1) is 0 Å². The van der Waals surface area contributed by atoms with Crippen molar-refractivity contribution >= 4 is 37.6 Å². The van der Waals surface area contributed by atoms with Gasteiger partial charge in [-0.1, -0.05) is 45.2 Å². The number of ether oxygens (including phenoxy) is 1. The minimum atomic E-state index is 0.0407. The number of hydrogen-bond acceptors (Lipinski definition) is 2. The van der Waals surface area contributed by atoms with Gasteiger partial charge >= 0.3 is 0 Å². The molecule has 88 valence electrons. The van der Waals surface area contributed by atoms with Crippen LogP contribution in [0.15, 0.2) is 22.7 Å². The molecule has 0 saturated heterocycles. The topological polar surface area (TPSA) is 26.3 Å². The number of unbranched alkanes of at least 4 members (excludes halogenated alkanes) is 1. The molecule has 0 heterocycles. The van der Waals surface area contributed by atoms with Crippen LogP contribution >= 0.6 is 31.9 Å². The number of Topliss-reactive ketones (excluding diaryl/α,β-unsaturated/α-hetero) is 1. The van der Waals surface area contributed by atoms with Crippen molar-refractivity contribution in [1.82, 2.24) is 0 Å². The molecule has 0 aromatic heterocycles. The Morgan fingerprint density at radius 1 is 1.44 bits per heavy atom. The summed E-state index contributed by atoms with van der Waals surface area (Å²) in [6.07, 6.45) is 2.07. The zero-order chi connectivity index (χ0) is 12.0. The van der Waals surface area contributed by atoms with Gasteiger partial charge in [-0.2, -0.15) is 0 Å². The van der Waals surface area contributed by atoms with Crippen LogP contribution in [0.2, 0.25) is 0 Å². The van der Waals surface area contributed by atoms with Gasteiger partial charge in [0.1, 0.15) is 5.75 Å². The Labute approximate surface area is 113 Å². The quantitative estimate of drug-likeness (QED) is 0.437. The van der Waals surface area contributed by atoms with E-state index in [4.69, 9.17) is 4.74 Å². The van der Waals surface area contributed by atoms with Gasteiger partial charge in [0, 0.05) is 4.47 Å². The summed E-state index contributed by atoms with van der Waals surface area (Å²) in [7, 11) is 0. The van der Waals surface area contributed by atoms with E-state index < -0.39 is 0 Å². The number of rotatable bonds is 6. The molecule has 0 N–H and O–H groups in total. The lowest BCUT2D eigenvalue weighted by molar-refractivity contribution is 0.102. The average molecular weight is 350 g/mol. The molecule has 0 amide bonds. The zero-order valence-corrected chi connectivity index (χ0v) is 12.3. The molecule has 1 rings (SSSR count). The van der Waals surface area contributed by atoms with E-state index in [1.165, 1.54) is 0 Å². The molecule has 0 fully saturated rings. The molecule has 0 unspecified atom stereocenters. The van der Waals surface area contributed by atoms with E-state index in [0.29, 0.717) is 23.2 Å². The summed E-state index contributed by atoms with van der Waals surface area (Å²) in [5.41, 5.74) is 0.635. The van der Waals surface area contributed by atoms with Crippen molar-refractivity contribution in [3.05, 3.63) is 28.2 Å². The molecule has 16 heavy (non-hydrogen) atoms. The van der Waals surface area contributed by atoms with E-state index in [-0.39, 0.29) is 5.78 Å². The SMILES string of the molecule is CCCCOc1cc(Br)ccc1C(=O)CBr. The van der Waals surface area contributed by atoms with Crippen LogP contribution in [0.25, 0.3) is 0 Å². The first kappa shape index (κ1) is 13.7. The first-order valence-corrected chi connectivity index (χ1v) is 7.12. The van der Waals surface area contributed by atoms with Gasteiger partial charge in [-0.3, -0.25) is 4.79 Å². The van der Waals surface area contributed by atoms with E-state index in [9.17, 15) is 4.79 Å². The van der Waals surface area contributed by atoms with Gasteiger partial charge in [0.2, 0.25) is 0 Å². The number of carbonyl (C=O) groups excluding carboxylic acids is 1. The normalized spacial score (nSPS) is 10.2. The molecule has 0 bridgehead atoms. The Morgan fingerprint density at radius 2 is 2.19 bits per heavy atom. The largest absolute Gasteiger partial charge is 0.493 e. The number of benzene rings is 1. The van der Waals surface area contributed by atoms with E-state index >= 15 is 0 Å². The molecule has 0 atom stereocenters. The van der Waals surface area contributed by atoms with Crippen LogP contribution in [-0.2, 0) is 0 Å². The Hall–Kier alpha value is -0.350. The lowest BCUT2D eigenvalue weighted by atomic mass is 10.1. The summed E-state index contributed by atoms with van der Waals surface area (Å²) in [5, 5.41) is 0.318. The number of hydrogen-bond donors (Lipinski definition) is 0. The summed E-state index contributed by atoms with van der Waals surface area (Å²) >= 11 is 6.54. The van der Waals surface area contributed by atoms with Crippen molar-refractivity contribution < 1.29 is 9.53 Å². The molecular weight excluding hydrogens is 336 g/mol. The summed E-state index contributed by atoms with van der Waals surface area (Å²) in [6.45, 7) is 2.75. The molecule has 0 radical (unpaired) electrons. The smallest absolute Gasteiger partial charge is 0.177 e. The molecule has 0 aliphatic rings. The monoisotopic (exact) mass is 348 g/mol. The van der Waals surface area contributed by atoms with Gasteiger partial charge in [-0.25, -0.2) is 0 Å². The van der Waals surface area contributed by atoms with Gasteiger partial charge in [-0.15, -0.1) is 0 Å². The Balaban J connectivity index is 2.85. The van der Waals surface area contributed by atoms with Crippen molar-refractivity contribution in [2.75, 3.05) is 11.9 Å². The minimum absolute atomic E-state index is 0.0407. The van der Waals surface area contributed by atoms with Gasteiger partial charge in [0.25, 0.3) is 0 Å². The fourth-order valence-electron chi connectivity index (χ4n) is 1.24. The number of carbonyl (C=O) groups is 1. The highest BCUT2D eigenvalue weighted by atomic mass is 79.9. The van der Waals surface area contributed by atoms with Gasteiger partial charge < -0.3 is 4.74 Å². The highest BCUT2D eigenvalue weighted by Gasteiger charge is 2.11. The van der Waals surface area contributed by atoms with Crippen LogP contribution in [0.3, 0.4) is 0 Å². The maximum atomic E-state index is 11.6. The third kappa shape index (κ3) is 3.91. The molecule has 0 spiro atoms. The second-order valence-electron chi connectivity index (χ2n) is 3.40. The first-order chi connectivity index (χ1) is 7.69. The van der Waals surface area contributed by atoms with Crippen LogP contribution in [0.4, 0.5) is 0 Å². The van der Waals surface area contributed by atoms with Gasteiger partial charge in [0.15, 0.2) is 5.78 Å². The average Bonchev–Trinajstić information content (AvgIpc) is 2.29. The molecule has 0 aliphatic carbocycles. The Bertz CT molecular complexity index is 364. The lowest BCUT2D eigenvalue weighted by Crippen LogP contribution is -2.06. The Morgan fingerprint density at radius 3 is 2.81 bits per heavy atom. The highest BCUT2D eigenvalue weighted by Crippen LogP contribution is 2.25. The van der Waals surface area contributed by atoms with E-state index in [1.807, 2.05) is 12.1 Å². The predicted octanol–water partition coefficient (Wildman–Crippen LogP) is 4.21. The van der Waals surface area contributed by atoms with E-state index in [2.05, 4.69) is 38.8 Å². The third-order valence-corrected chi connectivity index (χ3v) is 3.12. The fourth-order valence-corrected chi connectivity index (χ4v) is 1.89. The van der Waals surface area contributed by atoms with Crippen molar-refractivity contribution in [2.45, 2.75) is 19.8 Å². The summed E-state index contributed by atoms with van der Waals surface area (Å²) in [5.74, 6) is 0.700. The van der Waals surface area contributed by atoms with Crippen molar-refractivity contribution in [1.29, 1.82) is 0 Å². The van der Waals surface area contributed by atoms with Crippen LogP contribution in [0.5, 0.6) is 5.75 Å².